The lowest BCUT2D eigenvalue weighted by Crippen LogP contribution is -2.30. The van der Waals surface area contributed by atoms with E-state index >= 15 is 0 Å². The maximum atomic E-state index is 12.3. The zero-order valence-electron chi connectivity index (χ0n) is 22.1. The third kappa shape index (κ3) is 4.83. The van der Waals surface area contributed by atoms with Gasteiger partial charge in [-0.05, 0) is 77.6 Å². The Morgan fingerprint density at radius 3 is 2.48 bits per heavy atom. The first kappa shape index (κ1) is 26.0. The second-order valence-corrected chi connectivity index (χ2v) is 10.9. The number of halogens is 1. The second kappa shape index (κ2) is 10.8. The van der Waals surface area contributed by atoms with Gasteiger partial charge < -0.3 is 20.1 Å². The van der Waals surface area contributed by atoms with Crippen LogP contribution < -0.4 is 15.5 Å². The molecule has 1 aliphatic rings. The molecule has 2 aromatic heterocycles. The molecule has 3 heterocycles. The van der Waals surface area contributed by atoms with E-state index in [2.05, 4.69) is 79.8 Å². The summed E-state index contributed by atoms with van der Waals surface area (Å²) in [5.74, 6) is -0.244. The summed E-state index contributed by atoms with van der Waals surface area (Å²) in [4.78, 5) is 19.1. The number of carbonyl (C=O) groups is 1. The van der Waals surface area contributed by atoms with Gasteiger partial charge in [-0.15, -0.1) is 0 Å². The zero-order valence-corrected chi connectivity index (χ0v) is 23.7. The van der Waals surface area contributed by atoms with Crippen LogP contribution in [0, 0.1) is 5.92 Å². The molecule has 6 nitrogen and oxygen atoms in total. The highest BCUT2D eigenvalue weighted by atomic mass is 35.5. The Morgan fingerprint density at radius 1 is 0.950 bits per heavy atom. The van der Waals surface area contributed by atoms with E-state index in [1.807, 2.05) is 56.3 Å². The molecule has 1 fully saturated rings. The number of carbonyl (C=O) groups excluding carboxylic acids is 1. The van der Waals surface area contributed by atoms with E-state index in [1.54, 1.807) is 6.20 Å². The molecule has 0 aliphatic carbocycles. The maximum absolute atomic E-state index is 12.3. The summed E-state index contributed by atoms with van der Waals surface area (Å²) in [5.41, 5.74) is 4.38. The van der Waals surface area contributed by atoms with Gasteiger partial charge in [0.1, 0.15) is 6.04 Å². The van der Waals surface area contributed by atoms with E-state index in [0.717, 1.165) is 22.8 Å². The molecule has 5 aromatic rings. The van der Waals surface area contributed by atoms with Crippen molar-refractivity contribution in [3.05, 3.63) is 120 Å². The number of rotatable bonds is 6. The van der Waals surface area contributed by atoms with Crippen LogP contribution in [0.4, 0.5) is 11.4 Å². The number of fused-ring (bicyclic) bond motifs is 1. The quantitative estimate of drug-likeness (QED) is 0.209. The summed E-state index contributed by atoms with van der Waals surface area (Å²) in [6, 6.07) is 30.1. The van der Waals surface area contributed by atoms with Crippen LogP contribution in [0.25, 0.3) is 16.5 Å². The molecule has 2 N–H and O–H groups in total. The van der Waals surface area contributed by atoms with Crippen molar-refractivity contribution in [1.29, 1.82) is 0 Å². The molecule has 200 valence electrons. The van der Waals surface area contributed by atoms with E-state index in [0.29, 0.717) is 15.8 Å². The van der Waals surface area contributed by atoms with E-state index in [1.165, 1.54) is 10.8 Å². The molecule has 1 amide bonds. The van der Waals surface area contributed by atoms with Crippen LogP contribution in [0.3, 0.4) is 0 Å². The van der Waals surface area contributed by atoms with Gasteiger partial charge in [0, 0.05) is 35.4 Å². The van der Waals surface area contributed by atoms with Gasteiger partial charge in [0.05, 0.1) is 22.4 Å². The van der Waals surface area contributed by atoms with E-state index in [4.69, 9.17) is 23.8 Å². The van der Waals surface area contributed by atoms with Crippen LogP contribution in [0.15, 0.2) is 103 Å². The summed E-state index contributed by atoms with van der Waals surface area (Å²) in [5, 5.41) is 9.80. The first-order chi connectivity index (χ1) is 19.4. The van der Waals surface area contributed by atoms with Crippen molar-refractivity contribution >= 4 is 57.0 Å². The number of anilines is 2. The van der Waals surface area contributed by atoms with Gasteiger partial charge in [0.15, 0.2) is 5.11 Å². The lowest BCUT2D eigenvalue weighted by molar-refractivity contribution is -0.118. The Balaban J connectivity index is 1.45. The standard InChI is InChI=1S/C32H28ClN5OS/c1-20(2)31(39)35-26-15-14-24(19-25(26)33)38-30(29(36-32(38)40)27-10-5-6-16-34-27)28-11-7-17-37(28)23-13-12-21-8-3-4-9-22(21)18-23/h3-20,29-30H,1-2H3,(H,35,39)(H,36,40). The molecule has 3 aromatic carbocycles. The SMILES string of the molecule is CC(C)C(=O)Nc1ccc(N2C(=S)NC(c3ccccn3)C2c2cccn2-c2ccc3ccccc3c2)cc1Cl. The molecule has 40 heavy (non-hydrogen) atoms. The first-order valence-corrected chi connectivity index (χ1v) is 14.0. The molecule has 0 saturated carbocycles. The van der Waals surface area contributed by atoms with Crippen LogP contribution >= 0.6 is 23.8 Å². The zero-order chi connectivity index (χ0) is 27.8. The van der Waals surface area contributed by atoms with Crippen molar-refractivity contribution in [2.24, 2.45) is 5.92 Å². The van der Waals surface area contributed by atoms with Crippen LogP contribution in [0.5, 0.6) is 0 Å². The molecule has 6 rings (SSSR count). The molecule has 2 atom stereocenters. The summed E-state index contributed by atoms with van der Waals surface area (Å²) >= 11 is 12.6. The van der Waals surface area contributed by atoms with E-state index in [-0.39, 0.29) is 23.9 Å². The summed E-state index contributed by atoms with van der Waals surface area (Å²) in [7, 11) is 0. The van der Waals surface area contributed by atoms with Crippen molar-refractivity contribution < 1.29 is 4.79 Å². The molecule has 1 saturated heterocycles. The minimum Gasteiger partial charge on any atom is -0.351 e. The minimum atomic E-state index is -0.226. The molecule has 0 spiro atoms. The number of nitrogens with zero attached hydrogens (tertiary/aromatic N) is 3. The number of benzene rings is 3. The van der Waals surface area contributed by atoms with E-state index in [9.17, 15) is 4.79 Å². The Bertz CT molecular complexity index is 1720. The smallest absolute Gasteiger partial charge is 0.226 e. The van der Waals surface area contributed by atoms with Gasteiger partial charge in [-0.25, -0.2) is 0 Å². The number of hydrogen-bond acceptors (Lipinski definition) is 3. The minimum absolute atomic E-state index is 0.0886. The maximum Gasteiger partial charge on any atom is 0.226 e. The molecule has 0 radical (unpaired) electrons. The molecule has 1 aliphatic heterocycles. The van der Waals surface area contributed by atoms with Crippen LogP contribution in [0.1, 0.15) is 37.3 Å². The predicted octanol–water partition coefficient (Wildman–Crippen LogP) is 7.45. The fourth-order valence-corrected chi connectivity index (χ4v) is 5.73. The van der Waals surface area contributed by atoms with Crippen molar-refractivity contribution in [2.75, 3.05) is 10.2 Å². The summed E-state index contributed by atoms with van der Waals surface area (Å²) < 4.78 is 2.20. The number of pyridine rings is 1. The Kier molecular flexibility index (Phi) is 7.00. The molecule has 0 bridgehead atoms. The number of hydrogen-bond donors (Lipinski definition) is 2. The highest BCUT2D eigenvalue weighted by Gasteiger charge is 2.42. The van der Waals surface area contributed by atoms with Crippen molar-refractivity contribution in [3.8, 4) is 5.69 Å². The highest BCUT2D eigenvalue weighted by Crippen LogP contribution is 2.43. The third-order valence-electron chi connectivity index (χ3n) is 7.21. The Morgan fingerprint density at radius 2 is 1.73 bits per heavy atom. The first-order valence-electron chi connectivity index (χ1n) is 13.2. The van der Waals surface area contributed by atoms with Gasteiger partial charge in [0.25, 0.3) is 0 Å². The van der Waals surface area contributed by atoms with Crippen LogP contribution in [-0.2, 0) is 4.79 Å². The largest absolute Gasteiger partial charge is 0.351 e. The van der Waals surface area contributed by atoms with Gasteiger partial charge in [-0.1, -0.05) is 61.8 Å². The average Bonchev–Trinajstić information content (AvgIpc) is 3.58. The molecular weight excluding hydrogens is 538 g/mol. The van der Waals surface area contributed by atoms with Gasteiger partial charge in [-0.2, -0.15) is 0 Å². The van der Waals surface area contributed by atoms with Crippen molar-refractivity contribution in [1.82, 2.24) is 14.9 Å². The lowest BCUT2D eigenvalue weighted by atomic mass is 10.0. The number of aromatic nitrogens is 2. The summed E-state index contributed by atoms with van der Waals surface area (Å²) in [6.07, 6.45) is 3.87. The van der Waals surface area contributed by atoms with Gasteiger partial charge >= 0.3 is 0 Å². The van der Waals surface area contributed by atoms with Crippen LogP contribution in [0.2, 0.25) is 5.02 Å². The second-order valence-electron chi connectivity index (χ2n) is 10.1. The average molecular weight is 566 g/mol. The number of amides is 1. The topological polar surface area (TPSA) is 62.2 Å². The monoisotopic (exact) mass is 565 g/mol. The molecule has 8 heteroatoms. The number of nitrogens with one attached hydrogen (secondary N) is 2. The fraction of sp³-hybridized carbons (Fsp3) is 0.156. The Hall–Kier alpha value is -4.20. The summed E-state index contributed by atoms with van der Waals surface area (Å²) in [6.45, 7) is 3.69. The van der Waals surface area contributed by atoms with Gasteiger partial charge in [-0.3, -0.25) is 9.78 Å². The van der Waals surface area contributed by atoms with Crippen molar-refractivity contribution in [2.45, 2.75) is 25.9 Å². The van der Waals surface area contributed by atoms with Crippen LogP contribution in [-0.4, -0.2) is 20.6 Å². The van der Waals surface area contributed by atoms with E-state index < -0.39 is 0 Å². The Labute approximate surface area is 243 Å². The van der Waals surface area contributed by atoms with Crippen molar-refractivity contribution in [3.63, 3.8) is 0 Å². The molecule has 2 unspecified atom stereocenters. The lowest BCUT2D eigenvalue weighted by Gasteiger charge is -2.29. The highest BCUT2D eigenvalue weighted by molar-refractivity contribution is 7.80. The third-order valence-corrected chi connectivity index (χ3v) is 7.83. The fourth-order valence-electron chi connectivity index (χ4n) is 5.16. The normalized spacial score (nSPS) is 16.9. The number of thiocarbonyl (C=S) groups is 1. The predicted molar refractivity (Wildman–Crippen MR) is 166 cm³/mol. The van der Waals surface area contributed by atoms with Gasteiger partial charge in [0.2, 0.25) is 5.91 Å². The molecular formula is C32H28ClN5OS.